The number of benzene rings is 2. The molecular formula is C23H18I2N2O4S. The lowest BCUT2D eigenvalue weighted by Gasteiger charge is -2.24. The molecule has 4 rings (SSSR count). The molecule has 0 saturated heterocycles. The summed E-state index contributed by atoms with van der Waals surface area (Å²) in [5.41, 5.74) is 2.30. The Morgan fingerprint density at radius 3 is 2.53 bits per heavy atom. The molecule has 6 nitrogen and oxygen atoms in total. The molecule has 0 saturated carbocycles. The Balaban J connectivity index is 1.96. The average molecular weight is 672 g/mol. The van der Waals surface area contributed by atoms with Crippen molar-refractivity contribution in [2.45, 2.75) is 19.9 Å². The number of carbonyl (C=O) groups is 1. The highest BCUT2D eigenvalue weighted by atomic mass is 127. The molecule has 0 unspecified atom stereocenters. The zero-order valence-electron chi connectivity index (χ0n) is 17.1. The Morgan fingerprint density at radius 1 is 1.25 bits per heavy atom. The number of nitrogens with zero attached hydrogens (tertiary/aromatic N) is 2. The number of thiazole rings is 1. The summed E-state index contributed by atoms with van der Waals surface area (Å²) in [4.78, 5) is 31.5. The summed E-state index contributed by atoms with van der Waals surface area (Å²) >= 11 is 5.40. The summed E-state index contributed by atoms with van der Waals surface area (Å²) in [6.45, 7) is 3.75. The molecule has 1 aliphatic heterocycles. The van der Waals surface area contributed by atoms with E-state index >= 15 is 0 Å². The van der Waals surface area contributed by atoms with E-state index in [-0.39, 0.29) is 17.9 Å². The lowest BCUT2D eigenvalue weighted by Crippen LogP contribution is -2.39. The molecule has 2 aromatic carbocycles. The first-order valence-electron chi connectivity index (χ1n) is 9.74. The number of hydrogen-bond donors (Lipinski definition) is 1. The van der Waals surface area contributed by atoms with Gasteiger partial charge in [0.2, 0.25) is 0 Å². The third-order valence-electron chi connectivity index (χ3n) is 4.97. The van der Waals surface area contributed by atoms with E-state index in [0.717, 1.165) is 11.1 Å². The van der Waals surface area contributed by atoms with Crippen LogP contribution < -0.4 is 14.9 Å². The molecule has 0 aliphatic carbocycles. The molecule has 0 spiro atoms. The number of phenolic OH excluding ortho intramolecular Hbond substituents is 1. The highest BCUT2D eigenvalue weighted by Crippen LogP contribution is 2.31. The van der Waals surface area contributed by atoms with Crippen LogP contribution in [0, 0.1) is 7.14 Å². The number of aromatic hydroxyl groups is 1. The number of esters is 1. The van der Waals surface area contributed by atoms with Crippen LogP contribution in [0.2, 0.25) is 0 Å². The maximum absolute atomic E-state index is 13.5. The predicted octanol–water partition coefficient (Wildman–Crippen LogP) is 3.71. The van der Waals surface area contributed by atoms with Gasteiger partial charge in [0.15, 0.2) is 4.80 Å². The van der Waals surface area contributed by atoms with Crippen molar-refractivity contribution >= 4 is 68.6 Å². The molecular weight excluding hydrogens is 654 g/mol. The Kier molecular flexibility index (Phi) is 6.86. The number of fused-ring (bicyclic) bond motifs is 1. The fourth-order valence-electron chi connectivity index (χ4n) is 3.56. The van der Waals surface area contributed by atoms with Crippen LogP contribution in [0.15, 0.2) is 63.5 Å². The normalized spacial score (nSPS) is 16.0. The minimum atomic E-state index is -0.617. The number of allylic oxidation sites excluding steroid dienone is 1. The molecule has 0 radical (unpaired) electrons. The number of halogens is 2. The Labute approximate surface area is 215 Å². The van der Waals surface area contributed by atoms with Crippen LogP contribution in [0.1, 0.15) is 31.0 Å². The molecule has 1 N–H and O–H groups in total. The number of aromatic nitrogens is 1. The molecule has 0 fully saturated rings. The van der Waals surface area contributed by atoms with Gasteiger partial charge in [-0.2, -0.15) is 0 Å². The van der Waals surface area contributed by atoms with Gasteiger partial charge in [-0.1, -0.05) is 41.7 Å². The van der Waals surface area contributed by atoms with E-state index in [1.165, 1.54) is 11.3 Å². The van der Waals surface area contributed by atoms with Gasteiger partial charge in [0.1, 0.15) is 5.75 Å². The molecule has 0 amide bonds. The second-order valence-corrected chi connectivity index (χ2v) is 10.4. The minimum Gasteiger partial charge on any atom is -0.506 e. The largest absolute Gasteiger partial charge is 0.506 e. The number of hydrogen-bond acceptors (Lipinski definition) is 6. The summed E-state index contributed by atoms with van der Waals surface area (Å²) in [6.07, 6.45) is 1.79. The van der Waals surface area contributed by atoms with Crippen LogP contribution in [0.25, 0.3) is 6.08 Å². The molecule has 32 heavy (non-hydrogen) atoms. The summed E-state index contributed by atoms with van der Waals surface area (Å²) in [7, 11) is 0. The van der Waals surface area contributed by atoms with Crippen molar-refractivity contribution in [3.05, 3.63) is 91.7 Å². The van der Waals surface area contributed by atoms with Gasteiger partial charge in [-0.15, -0.1) is 0 Å². The van der Waals surface area contributed by atoms with Gasteiger partial charge in [0, 0.05) is 0 Å². The summed E-state index contributed by atoms with van der Waals surface area (Å²) in [6, 6.07) is 12.5. The van der Waals surface area contributed by atoms with Gasteiger partial charge < -0.3 is 9.84 Å². The van der Waals surface area contributed by atoms with Crippen molar-refractivity contribution in [3.63, 3.8) is 0 Å². The smallest absolute Gasteiger partial charge is 0.338 e. The second kappa shape index (κ2) is 9.48. The van der Waals surface area contributed by atoms with Gasteiger partial charge in [0.25, 0.3) is 5.56 Å². The average Bonchev–Trinajstić information content (AvgIpc) is 3.06. The number of rotatable bonds is 4. The van der Waals surface area contributed by atoms with Crippen molar-refractivity contribution in [1.29, 1.82) is 0 Å². The number of carbonyl (C=O) groups excluding carboxylic acids is 1. The van der Waals surface area contributed by atoms with E-state index in [0.29, 0.717) is 27.7 Å². The quantitative estimate of drug-likeness (QED) is 0.339. The fraction of sp³-hybridized carbons (Fsp3) is 0.174. The fourth-order valence-corrected chi connectivity index (χ4v) is 6.42. The standard InChI is InChI=1S/C23H18I2N2O4S/c1-3-31-22(30)18-12(2)26-23-27(19(18)14-7-5-4-6-8-14)21(29)17(32-23)11-13-9-15(24)20(28)16(25)10-13/h4-11,19,28H,3H2,1-2H3/b17-11-/t19-/m0/s1. The lowest BCUT2D eigenvalue weighted by molar-refractivity contribution is -0.139. The summed E-state index contributed by atoms with van der Waals surface area (Å²) < 4.78 is 8.78. The van der Waals surface area contributed by atoms with Crippen molar-refractivity contribution in [1.82, 2.24) is 4.57 Å². The lowest BCUT2D eigenvalue weighted by atomic mass is 9.96. The van der Waals surface area contributed by atoms with Gasteiger partial charge in [-0.05, 0) is 88.4 Å². The van der Waals surface area contributed by atoms with Crippen molar-refractivity contribution in [2.24, 2.45) is 4.99 Å². The van der Waals surface area contributed by atoms with Gasteiger partial charge >= 0.3 is 5.97 Å². The first-order chi connectivity index (χ1) is 15.3. The number of ether oxygens (including phenoxy) is 1. The maximum Gasteiger partial charge on any atom is 0.338 e. The third-order valence-corrected chi connectivity index (χ3v) is 7.60. The van der Waals surface area contributed by atoms with Gasteiger partial charge in [-0.3, -0.25) is 9.36 Å². The van der Waals surface area contributed by atoms with E-state index in [4.69, 9.17) is 4.74 Å². The first-order valence-corrected chi connectivity index (χ1v) is 12.7. The van der Waals surface area contributed by atoms with Crippen molar-refractivity contribution in [3.8, 4) is 5.75 Å². The van der Waals surface area contributed by atoms with Crippen LogP contribution in [0.3, 0.4) is 0 Å². The first kappa shape index (κ1) is 23.2. The third kappa shape index (κ3) is 4.29. The summed E-state index contributed by atoms with van der Waals surface area (Å²) in [5.74, 6) is -0.247. The molecule has 1 atom stereocenters. The minimum absolute atomic E-state index is 0.226. The van der Waals surface area contributed by atoms with E-state index in [1.54, 1.807) is 24.5 Å². The molecule has 164 valence electrons. The molecule has 9 heteroatoms. The van der Waals surface area contributed by atoms with E-state index in [9.17, 15) is 14.7 Å². The van der Waals surface area contributed by atoms with Crippen LogP contribution in [-0.2, 0) is 9.53 Å². The Morgan fingerprint density at radius 2 is 1.91 bits per heavy atom. The highest BCUT2D eigenvalue weighted by molar-refractivity contribution is 14.1. The van der Waals surface area contributed by atoms with Crippen LogP contribution in [0.4, 0.5) is 0 Å². The monoisotopic (exact) mass is 672 g/mol. The van der Waals surface area contributed by atoms with Crippen LogP contribution >= 0.6 is 56.5 Å². The van der Waals surface area contributed by atoms with E-state index in [2.05, 4.69) is 50.2 Å². The molecule has 1 aliphatic rings. The van der Waals surface area contributed by atoms with Crippen LogP contribution in [0.5, 0.6) is 5.75 Å². The molecule has 1 aromatic heterocycles. The van der Waals surface area contributed by atoms with Crippen molar-refractivity contribution < 1.29 is 14.6 Å². The maximum atomic E-state index is 13.5. The van der Waals surface area contributed by atoms with Crippen LogP contribution in [-0.4, -0.2) is 22.2 Å². The zero-order chi connectivity index (χ0) is 23.0. The Bertz CT molecular complexity index is 1400. The molecule has 3 aromatic rings. The highest BCUT2D eigenvalue weighted by Gasteiger charge is 2.33. The SMILES string of the molecule is CCOC(=O)C1=C(C)N=c2s/c(=C\c3cc(I)c(O)c(I)c3)c(=O)n2[C@H]1c1ccccc1. The predicted molar refractivity (Wildman–Crippen MR) is 140 cm³/mol. The topological polar surface area (TPSA) is 80.9 Å². The summed E-state index contributed by atoms with van der Waals surface area (Å²) in [5, 5.41) is 10.0. The number of phenols is 1. The second-order valence-electron chi connectivity index (χ2n) is 7.05. The van der Waals surface area contributed by atoms with Gasteiger partial charge in [-0.25, -0.2) is 9.79 Å². The van der Waals surface area contributed by atoms with E-state index in [1.807, 2.05) is 42.5 Å². The molecule has 2 heterocycles. The Hall–Kier alpha value is -1.99. The zero-order valence-corrected chi connectivity index (χ0v) is 22.3. The van der Waals surface area contributed by atoms with Gasteiger partial charge in [0.05, 0.1) is 35.6 Å². The molecule has 0 bridgehead atoms. The van der Waals surface area contributed by atoms with E-state index < -0.39 is 12.0 Å². The van der Waals surface area contributed by atoms with Crippen molar-refractivity contribution in [2.75, 3.05) is 6.61 Å².